The molecule has 0 saturated carbocycles. The first-order valence-electron chi connectivity index (χ1n) is 4.55. The highest BCUT2D eigenvalue weighted by atomic mass is 32.1. The van der Waals surface area contributed by atoms with Gasteiger partial charge in [-0.1, -0.05) is 6.92 Å². The Bertz CT molecular complexity index is 56.3. The predicted octanol–water partition coefficient (Wildman–Crippen LogP) is 0.210. The van der Waals surface area contributed by atoms with Crippen molar-refractivity contribution in [3.05, 3.63) is 0 Å². The molecule has 0 rings (SSSR count). The van der Waals surface area contributed by atoms with E-state index in [1.54, 1.807) is 0 Å². The maximum atomic E-state index is 5.28. The largest absolute Gasteiger partial charge is 0.330 e. The van der Waals surface area contributed by atoms with E-state index in [4.69, 9.17) is 11.5 Å². The van der Waals surface area contributed by atoms with Crippen LogP contribution in [0, 0.1) is 0 Å². The van der Waals surface area contributed by atoms with E-state index >= 15 is 0 Å². The molecule has 0 aliphatic carbocycles. The molecule has 0 aliphatic heterocycles. The van der Waals surface area contributed by atoms with Gasteiger partial charge in [0.05, 0.1) is 0 Å². The van der Waals surface area contributed by atoms with Crippen molar-refractivity contribution < 1.29 is 0 Å². The minimum Gasteiger partial charge on any atom is -0.330 e. The summed E-state index contributed by atoms with van der Waals surface area (Å²) < 4.78 is 0. The maximum Gasteiger partial charge on any atom is -0.00369 e. The number of hydrogen-bond acceptors (Lipinski definition) is 4. The van der Waals surface area contributed by atoms with E-state index in [9.17, 15) is 0 Å². The Balaban J connectivity index is 0. The van der Waals surface area contributed by atoms with Crippen LogP contribution in [0.1, 0.15) is 19.8 Å². The Morgan fingerprint density at radius 3 is 1.67 bits per heavy atom. The summed E-state index contributed by atoms with van der Waals surface area (Å²) in [4.78, 5) is 0. The van der Waals surface area contributed by atoms with E-state index < -0.39 is 0 Å². The molecule has 0 aromatic carbocycles. The molecule has 0 fully saturated rings. The van der Waals surface area contributed by atoms with Gasteiger partial charge in [0.25, 0.3) is 0 Å². The summed E-state index contributed by atoms with van der Waals surface area (Å²) in [5, 5.41) is 3.23. The first kappa shape index (κ1) is 14.7. The molecule has 76 valence electrons. The van der Waals surface area contributed by atoms with Crippen molar-refractivity contribution in [2.24, 2.45) is 11.5 Å². The van der Waals surface area contributed by atoms with Crippen LogP contribution in [0.25, 0.3) is 0 Å². The van der Waals surface area contributed by atoms with Gasteiger partial charge in [-0.15, -0.1) is 0 Å². The van der Waals surface area contributed by atoms with E-state index in [-0.39, 0.29) is 0 Å². The van der Waals surface area contributed by atoms with Gasteiger partial charge in [0.1, 0.15) is 0 Å². The monoisotopic (exact) mass is 193 g/mol. The van der Waals surface area contributed by atoms with Gasteiger partial charge in [-0.2, -0.15) is 12.6 Å². The minimum absolute atomic E-state index is 0.773. The van der Waals surface area contributed by atoms with Crippen LogP contribution < -0.4 is 16.8 Å². The summed E-state index contributed by atoms with van der Waals surface area (Å²) in [5.41, 5.74) is 10.6. The van der Waals surface area contributed by atoms with E-state index in [1.165, 1.54) is 0 Å². The highest BCUT2D eigenvalue weighted by Gasteiger charge is 1.83. The Morgan fingerprint density at radius 1 is 1.08 bits per heavy atom. The average molecular weight is 193 g/mol. The van der Waals surface area contributed by atoms with Crippen molar-refractivity contribution in [1.82, 2.24) is 5.32 Å². The highest BCUT2D eigenvalue weighted by Crippen LogP contribution is 1.72. The van der Waals surface area contributed by atoms with Crippen molar-refractivity contribution >= 4 is 12.6 Å². The molecule has 0 atom stereocenters. The number of nitrogens with one attached hydrogen (secondary N) is 1. The molecule has 0 aromatic rings. The fraction of sp³-hybridized carbons (Fsp3) is 1.00. The second-order valence-electron chi connectivity index (χ2n) is 2.35. The molecular weight excluding hydrogens is 170 g/mol. The average Bonchev–Trinajstić information content (AvgIpc) is 2.06. The zero-order valence-electron chi connectivity index (χ0n) is 8.05. The summed E-state index contributed by atoms with van der Waals surface area (Å²) >= 11 is 3.79. The molecule has 4 heteroatoms. The van der Waals surface area contributed by atoms with Crippen molar-refractivity contribution in [3.63, 3.8) is 0 Å². The van der Waals surface area contributed by atoms with Gasteiger partial charge in [0.15, 0.2) is 0 Å². The second kappa shape index (κ2) is 17.4. The first-order chi connectivity index (χ1) is 5.83. The van der Waals surface area contributed by atoms with Crippen LogP contribution in [0.4, 0.5) is 0 Å². The molecule has 0 amide bonds. The molecule has 0 heterocycles. The SMILES string of the molecule is CCS.NCCCNCCCN. The fourth-order valence-electron chi connectivity index (χ4n) is 0.579. The summed E-state index contributed by atoms with van der Waals surface area (Å²) in [6.07, 6.45) is 2.12. The van der Waals surface area contributed by atoms with Crippen LogP contribution >= 0.6 is 12.6 Å². The third-order valence-electron chi connectivity index (χ3n) is 1.12. The van der Waals surface area contributed by atoms with Gasteiger partial charge in [0.2, 0.25) is 0 Å². The topological polar surface area (TPSA) is 64.1 Å². The third-order valence-corrected chi connectivity index (χ3v) is 1.12. The number of rotatable bonds is 6. The van der Waals surface area contributed by atoms with Crippen molar-refractivity contribution in [2.75, 3.05) is 31.9 Å². The Kier molecular flexibility index (Phi) is 21.3. The minimum atomic E-state index is 0.773. The molecule has 0 radical (unpaired) electrons. The van der Waals surface area contributed by atoms with Crippen molar-refractivity contribution in [3.8, 4) is 0 Å². The van der Waals surface area contributed by atoms with Crippen LogP contribution in [0.2, 0.25) is 0 Å². The van der Waals surface area contributed by atoms with Gasteiger partial charge in [0, 0.05) is 0 Å². The molecule has 0 saturated heterocycles. The lowest BCUT2D eigenvalue weighted by molar-refractivity contribution is 0.631. The summed E-state index contributed by atoms with van der Waals surface area (Å²) in [7, 11) is 0. The molecule has 0 spiro atoms. The smallest absolute Gasteiger partial charge is 0.00369 e. The van der Waals surface area contributed by atoms with Crippen LogP contribution in [0.3, 0.4) is 0 Å². The number of thiol groups is 1. The van der Waals surface area contributed by atoms with Gasteiger partial charge < -0.3 is 16.8 Å². The maximum absolute atomic E-state index is 5.28. The van der Waals surface area contributed by atoms with Gasteiger partial charge in [-0.25, -0.2) is 0 Å². The lowest BCUT2D eigenvalue weighted by atomic mass is 10.4. The number of hydrogen-bond donors (Lipinski definition) is 4. The highest BCUT2D eigenvalue weighted by molar-refractivity contribution is 7.80. The Hall–Kier alpha value is 0.230. The van der Waals surface area contributed by atoms with Crippen LogP contribution in [-0.2, 0) is 0 Å². The van der Waals surface area contributed by atoms with E-state index in [0.29, 0.717) is 0 Å². The Morgan fingerprint density at radius 2 is 1.42 bits per heavy atom. The van der Waals surface area contributed by atoms with Crippen LogP contribution in [0.15, 0.2) is 0 Å². The first-order valence-corrected chi connectivity index (χ1v) is 5.18. The lowest BCUT2D eigenvalue weighted by Gasteiger charge is -2.00. The van der Waals surface area contributed by atoms with Crippen LogP contribution in [0.5, 0.6) is 0 Å². The standard InChI is InChI=1S/C6H17N3.C2H6S/c7-3-1-5-9-6-2-4-8;1-2-3/h9H,1-8H2;3H,2H2,1H3. The summed E-state index contributed by atoms with van der Waals surface area (Å²) in [6, 6.07) is 0. The molecule has 0 aromatic heterocycles. The molecule has 3 nitrogen and oxygen atoms in total. The zero-order valence-corrected chi connectivity index (χ0v) is 8.95. The van der Waals surface area contributed by atoms with Gasteiger partial charge >= 0.3 is 0 Å². The summed E-state index contributed by atoms with van der Waals surface area (Å²) in [6.45, 7) is 5.58. The predicted molar refractivity (Wildman–Crippen MR) is 59.7 cm³/mol. The van der Waals surface area contributed by atoms with E-state index in [0.717, 1.165) is 44.8 Å². The Labute approximate surface area is 81.7 Å². The lowest BCUT2D eigenvalue weighted by Crippen LogP contribution is -2.21. The fourth-order valence-corrected chi connectivity index (χ4v) is 0.579. The normalized spacial score (nSPS) is 9.00. The molecule has 12 heavy (non-hydrogen) atoms. The zero-order chi connectivity index (χ0) is 9.66. The molecule has 0 aliphatic rings. The quantitative estimate of drug-likeness (QED) is 0.360. The number of nitrogens with two attached hydrogens (primary N) is 2. The molecule has 0 unspecified atom stereocenters. The molecule has 5 N–H and O–H groups in total. The molecule has 0 bridgehead atoms. The van der Waals surface area contributed by atoms with Crippen molar-refractivity contribution in [1.29, 1.82) is 0 Å². The summed E-state index contributed by atoms with van der Waals surface area (Å²) in [5.74, 6) is 0.944. The van der Waals surface area contributed by atoms with Gasteiger partial charge in [-0.3, -0.25) is 0 Å². The second-order valence-corrected chi connectivity index (χ2v) is 2.98. The van der Waals surface area contributed by atoms with E-state index in [2.05, 4.69) is 17.9 Å². The van der Waals surface area contributed by atoms with Gasteiger partial charge in [-0.05, 0) is 44.8 Å². The third kappa shape index (κ3) is 22.5. The van der Waals surface area contributed by atoms with E-state index in [1.807, 2.05) is 6.92 Å². The molecular formula is C8H23N3S. The van der Waals surface area contributed by atoms with Crippen LogP contribution in [-0.4, -0.2) is 31.9 Å². The van der Waals surface area contributed by atoms with Crippen molar-refractivity contribution in [2.45, 2.75) is 19.8 Å².